The standard InChI is InChI=1S/C10H14N2O3/c1-6-3-7(5-12-10(6)15-2)8(11)4-9(13)14/h3,5,8H,4,11H2,1-2H3,(H,13,14). The Morgan fingerprint density at radius 2 is 2.40 bits per heavy atom. The minimum atomic E-state index is -0.920. The van der Waals surface area contributed by atoms with E-state index >= 15 is 0 Å². The number of nitrogens with zero attached hydrogens (tertiary/aromatic N) is 1. The van der Waals surface area contributed by atoms with Crippen molar-refractivity contribution >= 4 is 5.97 Å². The van der Waals surface area contributed by atoms with Crippen LogP contribution in [-0.4, -0.2) is 23.2 Å². The highest BCUT2D eigenvalue weighted by Gasteiger charge is 2.12. The molecular weight excluding hydrogens is 196 g/mol. The molecule has 82 valence electrons. The summed E-state index contributed by atoms with van der Waals surface area (Å²) in [4.78, 5) is 14.5. The van der Waals surface area contributed by atoms with Gasteiger partial charge in [-0.3, -0.25) is 4.79 Å². The number of pyridine rings is 1. The van der Waals surface area contributed by atoms with E-state index in [4.69, 9.17) is 15.6 Å². The van der Waals surface area contributed by atoms with Crippen molar-refractivity contribution in [1.29, 1.82) is 0 Å². The first-order chi connectivity index (χ1) is 7.04. The molecule has 5 heteroatoms. The normalized spacial score (nSPS) is 12.2. The summed E-state index contributed by atoms with van der Waals surface area (Å²) in [6.45, 7) is 1.84. The quantitative estimate of drug-likeness (QED) is 0.770. The molecule has 1 unspecified atom stereocenters. The van der Waals surface area contributed by atoms with Crippen LogP contribution in [0.25, 0.3) is 0 Å². The number of ether oxygens (including phenoxy) is 1. The van der Waals surface area contributed by atoms with Gasteiger partial charge in [-0.2, -0.15) is 0 Å². The van der Waals surface area contributed by atoms with Gasteiger partial charge < -0.3 is 15.6 Å². The smallest absolute Gasteiger partial charge is 0.305 e. The second-order valence-electron chi connectivity index (χ2n) is 3.30. The van der Waals surface area contributed by atoms with Crippen LogP contribution in [0.3, 0.4) is 0 Å². The second kappa shape index (κ2) is 4.75. The van der Waals surface area contributed by atoms with Crippen molar-refractivity contribution in [2.45, 2.75) is 19.4 Å². The van der Waals surface area contributed by atoms with Gasteiger partial charge >= 0.3 is 5.97 Å². The van der Waals surface area contributed by atoms with E-state index in [1.54, 1.807) is 12.3 Å². The zero-order valence-corrected chi connectivity index (χ0v) is 8.73. The minimum absolute atomic E-state index is 0.104. The van der Waals surface area contributed by atoms with E-state index in [9.17, 15) is 4.79 Å². The summed E-state index contributed by atoms with van der Waals surface area (Å²) in [5.74, 6) is -0.391. The van der Waals surface area contributed by atoms with Gasteiger partial charge in [-0.05, 0) is 18.6 Å². The predicted octanol–water partition coefficient (Wildman–Crippen LogP) is 0.873. The summed E-state index contributed by atoms with van der Waals surface area (Å²) < 4.78 is 4.99. The Kier molecular flexibility index (Phi) is 3.62. The van der Waals surface area contributed by atoms with E-state index in [2.05, 4.69) is 4.98 Å². The number of methoxy groups -OCH3 is 1. The lowest BCUT2D eigenvalue weighted by molar-refractivity contribution is -0.137. The van der Waals surface area contributed by atoms with E-state index < -0.39 is 12.0 Å². The third-order valence-electron chi connectivity index (χ3n) is 2.07. The summed E-state index contributed by atoms with van der Waals surface area (Å²) in [6, 6.07) is 1.26. The molecule has 1 aromatic heterocycles. The molecule has 0 aromatic carbocycles. The van der Waals surface area contributed by atoms with Crippen LogP contribution in [0.15, 0.2) is 12.3 Å². The van der Waals surface area contributed by atoms with Gasteiger partial charge in [0.1, 0.15) is 0 Å². The molecule has 0 fully saturated rings. The Bertz CT molecular complexity index is 366. The summed E-state index contributed by atoms with van der Waals surface area (Å²) >= 11 is 0. The number of aromatic nitrogens is 1. The average molecular weight is 210 g/mol. The first-order valence-electron chi connectivity index (χ1n) is 4.52. The second-order valence-corrected chi connectivity index (χ2v) is 3.30. The molecule has 0 saturated carbocycles. The Labute approximate surface area is 87.9 Å². The van der Waals surface area contributed by atoms with Crippen molar-refractivity contribution in [3.63, 3.8) is 0 Å². The Balaban J connectivity index is 2.87. The number of hydrogen-bond acceptors (Lipinski definition) is 4. The van der Waals surface area contributed by atoms with E-state index in [-0.39, 0.29) is 6.42 Å². The Morgan fingerprint density at radius 3 is 2.87 bits per heavy atom. The maximum Gasteiger partial charge on any atom is 0.305 e. The van der Waals surface area contributed by atoms with Crippen molar-refractivity contribution in [1.82, 2.24) is 4.98 Å². The van der Waals surface area contributed by atoms with Crippen molar-refractivity contribution in [2.24, 2.45) is 5.73 Å². The zero-order valence-electron chi connectivity index (χ0n) is 8.73. The summed E-state index contributed by atoms with van der Waals surface area (Å²) in [5, 5.41) is 8.59. The predicted molar refractivity (Wildman–Crippen MR) is 54.7 cm³/mol. The first kappa shape index (κ1) is 11.5. The maximum absolute atomic E-state index is 10.5. The van der Waals surface area contributed by atoms with Crippen LogP contribution in [0.5, 0.6) is 5.88 Å². The Hall–Kier alpha value is -1.62. The highest BCUT2D eigenvalue weighted by molar-refractivity contribution is 5.67. The molecule has 0 spiro atoms. The number of carboxylic acid groups (broad SMARTS) is 1. The van der Waals surface area contributed by atoms with Gasteiger partial charge in [0.2, 0.25) is 5.88 Å². The number of aliphatic carboxylic acids is 1. The SMILES string of the molecule is COc1ncc(C(N)CC(=O)O)cc1C. The Morgan fingerprint density at radius 1 is 1.73 bits per heavy atom. The zero-order chi connectivity index (χ0) is 11.4. The van der Waals surface area contributed by atoms with Gasteiger partial charge in [0.15, 0.2) is 0 Å². The van der Waals surface area contributed by atoms with Gasteiger partial charge in [0.25, 0.3) is 0 Å². The third kappa shape index (κ3) is 2.92. The lowest BCUT2D eigenvalue weighted by Crippen LogP contribution is -2.15. The number of aryl methyl sites for hydroxylation is 1. The summed E-state index contributed by atoms with van der Waals surface area (Å²) in [6.07, 6.45) is 1.44. The van der Waals surface area contributed by atoms with Crippen LogP contribution in [0, 0.1) is 6.92 Å². The molecule has 1 heterocycles. The number of hydrogen-bond donors (Lipinski definition) is 2. The fourth-order valence-electron chi connectivity index (χ4n) is 1.31. The fraction of sp³-hybridized carbons (Fsp3) is 0.400. The van der Waals surface area contributed by atoms with E-state index in [0.717, 1.165) is 5.56 Å². The van der Waals surface area contributed by atoms with Gasteiger partial charge in [0.05, 0.1) is 13.5 Å². The average Bonchev–Trinajstić information content (AvgIpc) is 2.16. The van der Waals surface area contributed by atoms with Gasteiger partial charge in [0, 0.05) is 17.8 Å². The van der Waals surface area contributed by atoms with Crippen LogP contribution in [0.4, 0.5) is 0 Å². The number of nitrogens with two attached hydrogens (primary N) is 1. The van der Waals surface area contributed by atoms with Crippen LogP contribution >= 0.6 is 0 Å². The number of carbonyl (C=O) groups is 1. The molecule has 0 radical (unpaired) electrons. The molecule has 0 amide bonds. The highest BCUT2D eigenvalue weighted by Crippen LogP contribution is 2.19. The molecule has 0 aliphatic rings. The van der Waals surface area contributed by atoms with Crippen molar-refractivity contribution in [2.75, 3.05) is 7.11 Å². The van der Waals surface area contributed by atoms with Crippen molar-refractivity contribution < 1.29 is 14.6 Å². The molecule has 0 aliphatic heterocycles. The van der Waals surface area contributed by atoms with Crippen LogP contribution in [-0.2, 0) is 4.79 Å². The molecule has 1 rings (SSSR count). The minimum Gasteiger partial charge on any atom is -0.481 e. The molecule has 1 aromatic rings. The van der Waals surface area contributed by atoms with E-state index in [1.165, 1.54) is 7.11 Å². The monoisotopic (exact) mass is 210 g/mol. The molecule has 0 bridgehead atoms. The topological polar surface area (TPSA) is 85.4 Å². The molecule has 15 heavy (non-hydrogen) atoms. The molecule has 1 atom stereocenters. The van der Waals surface area contributed by atoms with Crippen molar-refractivity contribution in [3.8, 4) is 5.88 Å². The van der Waals surface area contributed by atoms with Crippen LogP contribution < -0.4 is 10.5 Å². The van der Waals surface area contributed by atoms with E-state index in [1.807, 2.05) is 6.92 Å². The summed E-state index contributed by atoms with van der Waals surface area (Å²) in [5.41, 5.74) is 7.24. The first-order valence-corrected chi connectivity index (χ1v) is 4.52. The van der Waals surface area contributed by atoms with Crippen molar-refractivity contribution in [3.05, 3.63) is 23.4 Å². The molecule has 0 aliphatic carbocycles. The fourth-order valence-corrected chi connectivity index (χ4v) is 1.31. The third-order valence-corrected chi connectivity index (χ3v) is 2.07. The molecule has 0 saturated heterocycles. The maximum atomic E-state index is 10.5. The van der Waals surface area contributed by atoms with Gasteiger partial charge in [-0.15, -0.1) is 0 Å². The van der Waals surface area contributed by atoms with E-state index in [0.29, 0.717) is 11.4 Å². The number of carboxylic acids is 1. The van der Waals surface area contributed by atoms with Gasteiger partial charge in [-0.1, -0.05) is 0 Å². The van der Waals surface area contributed by atoms with Crippen LogP contribution in [0.1, 0.15) is 23.6 Å². The molecular formula is C10H14N2O3. The molecule has 3 N–H and O–H groups in total. The molecule has 5 nitrogen and oxygen atoms in total. The number of rotatable bonds is 4. The lowest BCUT2D eigenvalue weighted by atomic mass is 10.1. The lowest BCUT2D eigenvalue weighted by Gasteiger charge is -2.11. The summed E-state index contributed by atoms with van der Waals surface area (Å²) in [7, 11) is 1.53. The van der Waals surface area contributed by atoms with Crippen LogP contribution in [0.2, 0.25) is 0 Å². The largest absolute Gasteiger partial charge is 0.481 e. The highest BCUT2D eigenvalue weighted by atomic mass is 16.5. The van der Waals surface area contributed by atoms with Gasteiger partial charge in [-0.25, -0.2) is 4.98 Å².